The molecule has 0 aliphatic carbocycles. The minimum absolute atomic E-state index is 0.173. The van der Waals surface area contributed by atoms with Gasteiger partial charge in [0.25, 0.3) is 0 Å². The third kappa shape index (κ3) is 2.52. The van der Waals surface area contributed by atoms with E-state index in [0.717, 1.165) is 0 Å². The van der Waals surface area contributed by atoms with E-state index in [1.54, 1.807) is 18.2 Å². The van der Waals surface area contributed by atoms with Crippen molar-refractivity contribution in [3.63, 3.8) is 0 Å². The van der Waals surface area contributed by atoms with E-state index in [1.807, 2.05) is 6.92 Å². The van der Waals surface area contributed by atoms with Gasteiger partial charge in [-0.2, -0.15) is 0 Å². The van der Waals surface area contributed by atoms with Crippen molar-refractivity contribution in [2.24, 2.45) is 0 Å². The monoisotopic (exact) mass is 288 g/mol. The smallest absolute Gasteiger partial charge is 0.169 e. The lowest BCUT2D eigenvalue weighted by Crippen LogP contribution is -2.23. The molecule has 0 spiro atoms. The minimum atomic E-state index is -0.553. The molecule has 2 heterocycles. The van der Waals surface area contributed by atoms with Gasteiger partial charge in [-0.25, -0.2) is 8.78 Å². The lowest BCUT2D eigenvalue weighted by molar-refractivity contribution is 0.446. The zero-order valence-electron chi connectivity index (χ0n) is 11.4. The van der Waals surface area contributed by atoms with Crippen molar-refractivity contribution in [2.45, 2.75) is 13.0 Å². The largest absolute Gasteiger partial charge is 0.456 e. The van der Waals surface area contributed by atoms with Gasteiger partial charge in [-0.15, -0.1) is 0 Å². The van der Waals surface area contributed by atoms with E-state index in [9.17, 15) is 8.78 Å². The molecule has 21 heavy (non-hydrogen) atoms. The Morgan fingerprint density at radius 1 is 1.19 bits per heavy atom. The quantitative estimate of drug-likeness (QED) is 0.793. The van der Waals surface area contributed by atoms with Crippen LogP contribution in [0.4, 0.5) is 8.78 Å². The van der Waals surface area contributed by atoms with Gasteiger partial charge in [0.05, 0.1) is 0 Å². The van der Waals surface area contributed by atoms with Crippen molar-refractivity contribution in [3.05, 3.63) is 65.7 Å². The Hall–Kier alpha value is -2.27. The number of nitrogens with one attached hydrogen (secondary N) is 1. The number of aromatic nitrogens is 1. The van der Waals surface area contributed by atoms with Crippen molar-refractivity contribution in [1.29, 1.82) is 0 Å². The molecule has 3 aromatic rings. The first-order chi connectivity index (χ1) is 10.2. The van der Waals surface area contributed by atoms with Crippen molar-refractivity contribution in [2.75, 3.05) is 6.54 Å². The molecule has 108 valence electrons. The van der Waals surface area contributed by atoms with Crippen LogP contribution in [0.5, 0.6) is 0 Å². The number of furan rings is 1. The van der Waals surface area contributed by atoms with Gasteiger partial charge < -0.3 is 9.73 Å². The summed E-state index contributed by atoms with van der Waals surface area (Å²) in [5.41, 5.74) is 0.408. The lowest BCUT2D eigenvalue weighted by Gasteiger charge is -2.15. The molecule has 0 amide bonds. The van der Waals surface area contributed by atoms with Crippen LogP contribution in [0.1, 0.15) is 24.4 Å². The second-order valence-electron chi connectivity index (χ2n) is 4.67. The second kappa shape index (κ2) is 5.61. The Kier molecular flexibility index (Phi) is 3.66. The molecule has 1 atom stereocenters. The number of nitrogens with zero attached hydrogens (tertiary/aromatic N) is 1. The van der Waals surface area contributed by atoms with E-state index in [2.05, 4.69) is 10.3 Å². The number of fused-ring (bicyclic) bond motifs is 1. The van der Waals surface area contributed by atoms with Gasteiger partial charge in [-0.1, -0.05) is 19.1 Å². The maximum Gasteiger partial charge on any atom is 0.169 e. The van der Waals surface area contributed by atoms with Crippen LogP contribution in [0, 0.1) is 11.6 Å². The maximum atomic E-state index is 14.0. The van der Waals surface area contributed by atoms with E-state index in [1.165, 1.54) is 24.4 Å². The van der Waals surface area contributed by atoms with Gasteiger partial charge in [-0.05, 0) is 30.8 Å². The molecule has 1 aromatic carbocycles. The standard InChI is InChI=1S/C16H14F2N2O/c1-2-19-15(14-11(17)7-4-8-20-14)13-9-10-5-3-6-12(18)16(10)21-13/h3-9,15,19H,2H2,1H3. The highest BCUT2D eigenvalue weighted by Crippen LogP contribution is 2.29. The maximum absolute atomic E-state index is 14.0. The molecule has 0 radical (unpaired) electrons. The number of pyridine rings is 1. The molecule has 0 saturated carbocycles. The molecule has 1 N–H and O–H groups in total. The van der Waals surface area contributed by atoms with Gasteiger partial charge in [0.1, 0.15) is 23.3 Å². The third-order valence-corrected chi connectivity index (χ3v) is 3.27. The van der Waals surface area contributed by atoms with Gasteiger partial charge in [0.15, 0.2) is 11.4 Å². The zero-order chi connectivity index (χ0) is 14.8. The number of hydrogen-bond donors (Lipinski definition) is 1. The first-order valence-electron chi connectivity index (χ1n) is 6.72. The van der Waals surface area contributed by atoms with E-state index in [-0.39, 0.29) is 11.3 Å². The van der Waals surface area contributed by atoms with E-state index in [4.69, 9.17) is 4.42 Å². The Bertz CT molecular complexity index is 770. The summed E-state index contributed by atoms with van der Waals surface area (Å²) < 4.78 is 33.3. The van der Waals surface area contributed by atoms with Crippen LogP contribution < -0.4 is 5.32 Å². The molecular weight excluding hydrogens is 274 g/mol. The summed E-state index contributed by atoms with van der Waals surface area (Å²) in [6.45, 7) is 2.50. The molecule has 0 fully saturated rings. The third-order valence-electron chi connectivity index (χ3n) is 3.27. The van der Waals surface area contributed by atoms with Crippen LogP contribution in [0.3, 0.4) is 0 Å². The fourth-order valence-electron chi connectivity index (χ4n) is 2.34. The van der Waals surface area contributed by atoms with Gasteiger partial charge in [-0.3, -0.25) is 4.98 Å². The van der Waals surface area contributed by atoms with Crippen LogP contribution >= 0.6 is 0 Å². The fourth-order valence-corrected chi connectivity index (χ4v) is 2.34. The Morgan fingerprint density at radius 3 is 2.71 bits per heavy atom. The van der Waals surface area contributed by atoms with Crippen LogP contribution in [-0.2, 0) is 0 Å². The summed E-state index contributed by atoms with van der Waals surface area (Å²) in [6, 6.07) is 8.72. The predicted octanol–water partition coefficient (Wildman–Crippen LogP) is 3.80. The first kappa shape index (κ1) is 13.7. The Balaban J connectivity index is 2.11. The van der Waals surface area contributed by atoms with Crippen molar-refractivity contribution < 1.29 is 13.2 Å². The van der Waals surface area contributed by atoms with Crippen molar-refractivity contribution >= 4 is 11.0 Å². The fraction of sp³-hybridized carbons (Fsp3) is 0.188. The first-order valence-corrected chi connectivity index (χ1v) is 6.72. The number of halogens is 2. The highest BCUT2D eigenvalue weighted by atomic mass is 19.1. The zero-order valence-corrected chi connectivity index (χ0v) is 11.4. The molecule has 1 unspecified atom stereocenters. The van der Waals surface area contributed by atoms with Crippen molar-refractivity contribution in [1.82, 2.24) is 10.3 Å². The van der Waals surface area contributed by atoms with E-state index >= 15 is 0 Å². The molecular formula is C16H14F2N2O. The summed E-state index contributed by atoms with van der Waals surface area (Å²) in [7, 11) is 0. The molecule has 3 rings (SSSR count). The van der Waals surface area contributed by atoms with Crippen molar-refractivity contribution in [3.8, 4) is 0 Å². The summed E-state index contributed by atoms with van der Waals surface area (Å²) in [6.07, 6.45) is 1.52. The molecule has 5 heteroatoms. The number of hydrogen-bond acceptors (Lipinski definition) is 3. The summed E-state index contributed by atoms with van der Waals surface area (Å²) in [4.78, 5) is 4.07. The predicted molar refractivity (Wildman–Crippen MR) is 75.9 cm³/mol. The van der Waals surface area contributed by atoms with Crippen LogP contribution in [0.25, 0.3) is 11.0 Å². The second-order valence-corrected chi connectivity index (χ2v) is 4.67. The van der Waals surface area contributed by atoms with Crippen LogP contribution in [-0.4, -0.2) is 11.5 Å². The Morgan fingerprint density at radius 2 is 2.00 bits per heavy atom. The number of benzene rings is 1. The van der Waals surface area contributed by atoms with Gasteiger partial charge in [0, 0.05) is 11.6 Å². The van der Waals surface area contributed by atoms with Gasteiger partial charge in [0.2, 0.25) is 0 Å². The summed E-state index contributed by atoms with van der Waals surface area (Å²) in [5.74, 6) is -0.422. The summed E-state index contributed by atoms with van der Waals surface area (Å²) >= 11 is 0. The molecule has 0 aliphatic rings. The Labute approximate surface area is 120 Å². The van der Waals surface area contributed by atoms with Gasteiger partial charge >= 0.3 is 0 Å². The van der Waals surface area contributed by atoms with Crippen LogP contribution in [0.2, 0.25) is 0 Å². The average Bonchev–Trinajstić information content (AvgIpc) is 2.91. The number of para-hydroxylation sites is 1. The lowest BCUT2D eigenvalue weighted by atomic mass is 10.1. The SMILES string of the molecule is CCNC(c1cc2cccc(F)c2o1)c1ncccc1F. The molecule has 0 aliphatic heterocycles. The topological polar surface area (TPSA) is 38.1 Å². The molecule has 3 nitrogen and oxygen atoms in total. The minimum Gasteiger partial charge on any atom is -0.456 e. The highest BCUT2D eigenvalue weighted by Gasteiger charge is 2.22. The summed E-state index contributed by atoms with van der Waals surface area (Å²) in [5, 5.41) is 3.76. The number of rotatable bonds is 4. The van der Waals surface area contributed by atoms with E-state index in [0.29, 0.717) is 17.7 Å². The van der Waals surface area contributed by atoms with E-state index < -0.39 is 17.7 Å². The highest BCUT2D eigenvalue weighted by molar-refractivity contribution is 5.78. The molecule has 0 bridgehead atoms. The molecule has 2 aromatic heterocycles. The normalized spacial score (nSPS) is 12.7. The average molecular weight is 288 g/mol. The van der Waals surface area contributed by atoms with Crippen LogP contribution in [0.15, 0.2) is 47.0 Å². The molecule has 0 saturated heterocycles.